The van der Waals surface area contributed by atoms with Crippen LogP contribution in [0.1, 0.15) is 11.1 Å². The monoisotopic (exact) mass is 279 g/mol. The summed E-state index contributed by atoms with van der Waals surface area (Å²) >= 11 is 5.73. The summed E-state index contributed by atoms with van der Waals surface area (Å²) in [5.41, 5.74) is 7.77. The van der Waals surface area contributed by atoms with Crippen molar-refractivity contribution in [3.8, 4) is 11.5 Å². The molecule has 19 heavy (non-hydrogen) atoms. The van der Waals surface area contributed by atoms with Crippen LogP contribution in [0.25, 0.3) is 0 Å². The molecule has 2 nitrogen and oxygen atoms in total. The van der Waals surface area contributed by atoms with Gasteiger partial charge in [-0.25, -0.2) is 4.39 Å². The Morgan fingerprint density at radius 3 is 2.68 bits per heavy atom. The van der Waals surface area contributed by atoms with Gasteiger partial charge in [-0.05, 0) is 43.7 Å². The third-order valence-corrected chi connectivity index (χ3v) is 3.04. The number of nitrogens with two attached hydrogens (primary N) is 1. The maximum atomic E-state index is 13.1. The second-order valence-electron chi connectivity index (χ2n) is 4.33. The molecule has 100 valence electrons. The van der Waals surface area contributed by atoms with Gasteiger partial charge in [0.1, 0.15) is 17.3 Å². The van der Waals surface area contributed by atoms with Crippen molar-refractivity contribution in [3.63, 3.8) is 0 Å². The van der Waals surface area contributed by atoms with Gasteiger partial charge < -0.3 is 10.5 Å². The number of halogens is 2. The molecule has 0 heterocycles. The van der Waals surface area contributed by atoms with Gasteiger partial charge in [0.2, 0.25) is 0 Å². The lowest BCUT2D eigenvalue weighted by Gasteiger charge is -2.12. The summed E-state index contributed by atoms with van der Waals surface area (Å²) in [7, 11) is 0. The largest absolute Gasteiger partial charge is 0.457 e. The number of benzene rings is 2. The zero-order chi connectivity index (χ0) is 13.8. The molecule has 0 aliphatic carbocycles. The molecule has 0 unspecified atom stereocenters. The van der Waals surface area contributed by atoms with Crippen LogP contribution < -0.4 is 10.5 Å². The highest BCUT2D eigenvalue weighted by Crippen LogP contribution is 2.29. The molecule has 0 aromatic heterocycles. The smallest absolute Gasteiger partial charge is 0.142 e. The quantitative estimate of drug-likeness (QED) is 0.915. The SMILES string of the molecule is Cc1ccc(Oc2ccc(F)c(Cl)c2)c(CCN)c1. The van der Waals surface area contributed by atoms with Gasteiger partial charge in [0.15, 0.2) is 0 Å². The zero-order valence-corrected chi connectivity index (χ0v) is 11.4. The molecular weight excluding hydrogens is 265 g/mol. The predicted octanol–water partition coefficient (Wildman–Crippen LogP) is 4.08. The van der Waals surface area contributed by atoms with E-state index in [9.17, 15) is 4.39 Å². The van der Waals surface area contributed by atoms with E-state index >= 15 is 0 Å². The summed E-state index contributed by atoms with van der Waals surface area (Å²) in [4.78, 5) is 0. The summed E-state index contributed by atoms with van der Waals surface area (Å²) in [5.74, 6) is 0.771. The second kappa shape index (κ2) is 6.04. The van der Waals surface area contributed by atoms with Crippen molar-refractivity contribution in [2.75, 3.05) is 6.54 Å². The van der Waals surface area contributed by atoms with Crippen molar-refractivity contribution in [1.82, 2.24) is 0 Å². The first-order valence-corrected chi connectivity index (χ1v) is 6.40. The minimum Gasteiger partial charge on any atom is -0.457 e. The number of hydrogen-bond donors (Lipinski definition) is 1. The second-order valence-corrected chi connectivity index (χ2v) is 4.74. The van der Waals surface area contributed by atoms with Crippen molar-refractivity contribution in [2.24, 2.45) is 5.73 Å². The van der Waals surface area contributed by atoms with Crippen molar-refractivity contribution >= 4 is 11.6 Å². The first-order chi connectivity index (χ1) is 9.10. The van der Waals surface area contributed by atoms with E-state index in [1.165, 1.54) is 12.1 Å². The van der Waals surface area contributed by atoms with E-state index in [2.05, 4.69) is 0 Å². The van der Waals surface area contributed by atoms with Crippen molar-refractivity contribution < 1.29 is 9.13 Å². The number of rotatable bonds is 4. The Hall–Kier alpha value is -1.58. The van der Waals surface area contributed by atoms with E-state index in [-0.39, 0.29) is 5.02 Å². The van der Waals surface area contributed by atoms with Gasteiger partial charge in [0.05, 0.1) is 5.02 Å². The molecular formula is C15H15ClFNO. The van der Waals surface area contributed by atoms with Crippen LogP contribution in [0.5, 0.6) is 11.5 Å². The van der Waals surface area contributed by atoms with E-state index in [4.69, 9.17) is 22.1 Å². The molecule has 0 fully saturated rings. The normalized spacial score (nSPS) is 10.5. The fraction of sp³-hybridized carbons (Fsp3) is 0.200. The van der Waals surface area contributed by atoms with E-state index in [0.29, 0.717) is 12.3 Å². The fourth-order valence-electron chi connectivity index (χ4n) is 1.83. The summed E-state index contributed by atoms with van der Waals surface area (Å²) in [5, 5.41) is 0.0463. The maximum absolute atomic E-state index is 13.1. The summed E-state index contributed by atoms with van der Waals surface area (Å²) < 4.78 is 18.8. The van der Waals surface area contributed by atoms with Crippen LogP contribution in [-0.2, 0) is 6.42 Å². The molecule has 0 bridgehead atoms. The maximum Gasteiger partial charge on any atom is 0.142 e. The van der Waals surface area contributed by atoms with Crippen LogP contribution in [0.15, 0.2) is 36.4 Å². The molecule has 0 saturated carbocycles. The lowest BCUT2D eigenvalue weighted by atomic mass is 10.1. The highest BCUT2D eigenvalue weighted by molar-refractivity contribution is 6.30. The highest BCUT2D eigenvalue weighted by atomic mass is 35.5. The third kappa shape index (κ3) is 3.46. The van der Waals surface area contributed by atoms with Crippen LogP contribution in [0.3, 0.4) is 0 Å². The molecule has 2 aromatic carbocycles. The van der Waals surface area contributed by atoms with E-state index < -0.39 is 5.82 Å². The molecule has 0 spiro atoms. The van der Waals surface area contributed by atoms with E-state index in [1.807, 2.05) is 25.1 Å². The number of aryl methyl sites for hydroxylation is 1. The van der Waals surface area contributed by atoms with Crippen LogP contribution in [0.2, 0.25) is 5.02 Å². The molecule has 0 saturated heterocycles. The first-order valence-electron chi connectivity index (χ1n) is 6.02. The summed E-state index contributed by atoms with van der Waals surface area (Å²) in [6.07, 6.45) is 0.728. The predicted molar refractivity (Wildman–Crippen MR) is 75.4 cm³/mol. The Balaban J connectivity index is 2.29. The van der Waals surface area contributed by atoms with Gasteiger partial charge in [0.25, 0.3) is 0 Å². The molecule has 0 aliphatic rings. The molecule has 2 N–H and O–H groups in total. The highest BCUT2D eigenvalue weighted by Gasteiger charge is 2.07. The molecule has 0 aliphatic heterocycles. The van der Waals surface area contributed by atoms with Crippen LogP contribution in [0, 0.1) is 12.7 Å². The molecule has 2 rings (SSSR count). The van der Waals surface area contributed by atoms with E-state index in [0.717, 1.165) is 23.3 Å². The van der Waals surface area contributed by atoms with Crippen LogP contribution in [0.4, 0.5) is 4.39 Å². The average Bonchev–Trinajstić information content (AvgIpc) is 2.37. The lowest BCUT2D eigenvalue weighted by molar-refractivity contribution is 0.474. The van der Waals surface area contributed by atoms with Gasteiger partial charge in [0, 0.05) is 6.07 Å². The molecule has 0 atom stereocenters. The van der Waals surface area contributed by atoms with Crippen LogP contribution in [-0.4, -0.2) is 6.54 Å². The fourth-order valence-corrected chi connectivity index (χ4v) is 2.00. The Labute approximate surface area is 117 Å². The summed E-state index contributed by atoms with van der Waals surface area (Å²) in [6.45, 7) is 2.56. The van der Waals surface area contributed by atoms with Gasteiger partial charge >= 0.3 is 0 Å². The number of hydrogen-bond acceptors (Lipinski definition) is 2. The van der Waals surface area contributed by atoms with Gasteiger partial charge in [-0.3, -0.25) is 0 Å². The van der Waals surface area contributed by atoms with Gasteiger partial charge in [-0.2, -0.15) is 0 Å². The minimum absolute atomic E-state index is 0.0463. The van der Waals surface area contributed by atoms with Crippen molar-refractivity contribution in [2.45, 2.75) is 13.3 Å². The molecule has 2 aromatic rings. The number of ether oxygens (including phenoxy) is 1. The third-order valence-electron chi connectivity index (χ3n) is 2.75. The van der Waals surface area contributed by atoms with Crippen LogP contribution >= 0.6 is 11.6 Å². The van der Waals surface area contributed by atoms with Crippen molar-refractivity contribution in [1.29, 1.82) is 0 Å². The molecule has 4 heteroatoms. The standard InChI is InChI=1S/C15H15ClFNO/c1-10-2-5-15(11(8-10)6-7-18)19-12-3-4-14(17)13(16)9-12/h2-5,8-9H,6-7,18H2,1H3. The molecule has 0 amide bonds. The molecule has 0 radical (unpaired) electrons. The summed E-state index contributed by atoms with van der Waals surface area (Å²) in [6, 6.07) is 10.2. The average molecular weight is 280 g/mol. The topological polar surface area (TPSA) is 35.2 Å². The van der Waals surface area contributed by atoms with Crippen molar-refractivity contribution in [3.05, 3.63) is 58.4 Å². The van der Waals surface area contributed by atoms with Gasteiger partial charge in [-0.1, -0.05) is 29.3 Å². The van der Waals surface area contributed by atoms with E-state index in [1.54, 1.807) is 6.07 Å². The van der Waals surface area contributed by atoms with Gasteiger partial charge in [-0.15, -0.1) is 0 Å². The Kier molecular flexibility index (Phi) is 4.40. The Bertz CT molecular complexity index is 586. The lowest BCUT2D eigenvalue weighted by Crippen LogP contribution is -2.04. The Morgan fingerprint density at radius 2 is 2.00 bits per heavy atom. The first kappa shape index (κ1) is 13.8. The zero-order valence-electron chi connectivity index (χ0n) is 10.6. The Morgan fingerprint density at radius 1 is 1.21 bits per heavy atom. The minimum atomic E-state index is -0.458.